The summed E-state index contributed by atoms with van der Waals surface area (Å²) in [5, 5.41) is 0.615. The van der Waals surface area contributed by atoms with Gasteiger partial charge in [-0.05, 0) is 34.1 Å². The lowest BCUT2D eigenvalue weighted by atomic mass is 10.1. The lowest BCUT2D eigenvalue weighted by Gasteiger charge is -2.06. The number of ketones is 1. The highest BCUT2D eigenvalue weighted by Crippen LogP contribution is 2.21. The third kappa shape index (κ3) is 3.20. The summed E-state index contributed by atoms with van der Waals surface area (Å²) >= 11 is 14.7. The first kappa shape index (κ1) is 15.0. The number of nitrogens with one attached hydrogen (secondary N) is 1. The summed E-state index contributed by atoms with van der Waals surface area (Å²) in [6.07, 6.45) is 1.25. The van der Waals surface area contributed by atoms with Crippen LogP contribution in [0.4, 0.5) is 0 Å². The van der Waals surface area contributed by atoms with Crippen molar-refractivity contribution < 1.29 is 4.79 Å². The molecule has 1 heterocycles. The molecule has 0 unspecified atom stereocenters. The molecular weight excluding hydrogens is 371 g/mol. The van der Waals surface area contributed by atoms with Crippen molar-refractivity contribution in [1.82, 2.24) is 9.55 Å². The van der Waals surface area contributed by atoms with Crippen molar-refractivity contribution in [3.8, 4) is 0 Å². The van der Waals surface area contributed by atoms with E-state index in [2.05, 4.69) is 20.9 Å². The standard InChI is InChI=1S/C12H7BrCl2N2O3/c13-8-4-17(12(20)16-11(8)19)5-10(18)7-3-6(14)1-2-9(7)15/h1-4H,5H2,(H,16,19,20). The average Bonchev–Trinajstić information content (AvgIpc) is 2.38. The van der Waals surface area contributed by atoms with Gasteiger partial charge in [-0.2, -0.15) is 0 Å². The number of benzene rings is 1. The number of nitrogens with zero attached hydrogens (tertiary/aromatic N) is 1. The van der Waals surface area contributed by atoms with Gasteiger partial charge in [-0.15, -0.1) is 0 Å². The molecule has 5 nitrogen and oxygen atoms in total. The van der Waals surface area contributed by atoms with E-state index in [1.165, 1.54) is 18.3 Å². The number of Topliss-reactive ketones (excluding diaryl/α,β-unsaturated/α-hetero) is 1. The third-order valence-corrected chi connectivity index (χ3v) is 3.64. The normalized spacial score (nSPS) is 10.6. The monoisotopic (exact) mass is 376 g/mol. The van der Waals surface area contributed by atoms with Gasteiger partial charge in [-0.25, -0.2) is 4.79 Å². The second kappa shape index (κ2) is 5.95. The molecule has 0 saturated heterocycles. The van der Waals surface area contributed by atoms with Crippen LogP contribution in [0.5, 0.6) is 0 Å². The minimum atomic E-state index is -0.676. The van der Waals surface area contributed by atoms with E-state index in [0.717, 1.165) is 4.57 Å². The van der Waals surface area contributed by atoms with Gasteiger partial charge in [-0.1, -0.05) is 23.2 Å². The summed E-state index contributed by atoms with van der Waals surface area (Å²) in [7, 11) is 0. The SMILES string of the molecule is O=C(Cn1cc(Br)c(=O)[nH]c1=O)c1cc(Cl)ccc1Cl. The number of rotatable bonds is 3. The Morgan fingerprint density at radius 2 is 2.00 bits per heavy atom. The first-order valence-corrected chi connectivity index (χ1v) is 6.91. The van der Waals surface area contributed by atoms with Crippen molar-refractivity contribution >= 4 is 44.9 Å². The van der Waals surface area contributed by atoms with Crippen molar-refractivity contribution in [3.63, 3.8) is 0 Å². The Kier molecular flexibility index (Phi) is 4.47. The number of hydrogen-bond acceptors (Lipinski definition) is 3. The highest BCUT2D eigenvalue weighted by molar-refractivity contribution is 9.10. The van der Waals surface area contributed by atoms with E-state index in [-0.39, 0.29) is 21.6 Å². The minimum absolute atomic E-state index is 0.155. The molecule has 0 aliphatic heterocycles. The Balaban J connectivity index is 2.37. The molecule has 20 heavy (non-hydrogen) atoms. The first-order chi connectivity index (χ1) is 9.38. The van der Waals surface area contributed by atoms with E-state index >= 15 is 0 Å². The number of aromatic nitrogens is 2. The fourth-order valence-electron chi connectivity index (χ4n) is 1.55. The third-order valence-electron chi connectivity index (χ3n) is 2.51. The van der Waals surface area contributed by atoms with Crippen LogP contribution < -0.4 is 11.2 Å². The molecule has 0 radical (unpaired) electrons. The summed E-state index contributed by atoms with van der Waals surface area (Å²) in [5.41, 5.74) is -1.02. The van der Waals surface area contributed by atoms with Crippen molar-refractivity contribution in [1.29, 1.82) is 0 Å². The summed E-state index contributed by atoms with van der Waals surface area (Å²) in [6.45, 7) is -0.256. The zero-order valence-corrected chi connectivity index (χ0v) is 12.9. The van der Waals surface area contributed by atoms with Crippen molar-refractivity contribution in [2.45, 2.75) is 6.54 Å². The molecule has 104 valence electrons. The lowest BCUT2D eigenvalue weighted by molar-refractivity contribution is 0.0970. The van der Waals surface area contributed by atoms with Crippen LogP contribution >= 0.6 is 39.1 Å². The van der Waals surface area contributed by atoms with Crippen molar-refractivity contribution in [3.05, 3.63) is 65.3 Å². The van der Waals surface area contributed by atoms with Crippen LogP contribution in [-0.4, -0.2) is 15.3 Å². The van der Waals surface area contributed by atoms with E-state index in [4.69, 9.17) is 23.2 Å². The Morgan fingerprint density at radius 1 is 1.30 bits per heavy atom. The number of H-pyrrole nitrogens is 1. The summed E-state index contributed by atoms with van der Waals surface area (Å²) in [4.78, 5) is 37.0. The van der Waals surface area contributed by atoms with Crippen molar-refractivity contribution in [2.75, 3.05) is 0 Å². The topological polar surface area (TPSA) is 71.9 Å². The van der Waals surface area contributed by atoms with Gasteiger partial charge < -0.3 is 0 Å². The molecule has 2 rings (SSSR count). The largest absolute Gasteiger partial charge is 0.328 e. The van der Waals surface area contributed by atoms with Crippen LogP contribution in [0.1, 0.15) is 10.4 Å². The van der Waals surface area contributed by atoms with Crippen LogP contribution in [0, 0.1) is 0 Å². The highest BCUT2D eigenvalue weighted by atomic mass is 79.9. The molecule has 0 bridgehead atoms. The second-order valence-electron chi connectivity index (χ2n) is 3.91. The quantitative estimate of drug-likeness (QED) is 0.835. The zero-order valence-electron chi connectivity index (χ0n) is 9.82. The molecule has 0 spiro atoms. The average molecular weight is 378 g/mol. The second-order valence-corrected chi connectivity index (χ2v) is 5.61. The van der Waals surface area contributed by atoms with Gasteiger partial charge >= 0.3 is 5.69 Å². The maximum absolute atomic E-state index is 12.1. The molecular formula is C12H7BrCl2N2O3. The molecule has 0 atom stereocenters. The molecule has 0 aliphatic rings. The molecule has 1 aromatic carbocycles. The maximum Gasteiger partial charge on any atom is 0.328 e. The minimum Gasteiger partial charge on any atom is -0.292 e. The van der Waals surface area contributed by atoms with Gasteiger partial charge in [0.2, 0.25) is 0 Å². The molecule has 1 N–H and O–H groups in total. The summed E-state index contributed by atoms with van der Waals surface area (Å²) < 4.78 is 1.23. The molecule has 0 fully saturated rings. The molecule has 1 aromatic heterocycles. The van der Waals surface area contributed by atoms with E-state index in [0.29, 0.717) is 5.02 Å². The number of carbonyl (C=O) groups is 1. The van der Waals surface area contributed by atoms with Gasteiger partial charge in [0.25, 0.3) is 5.56 Å². The lowest BCUT2D eigenvalue weighted by Crippen LogP contribution is -2.32. The summed E-state index contributed by atoms with van der Waals surface area (Å²) in [5.74, 6) is -0.390. The zero-order chi connectivity index (χ0) is 14.9. The van der Waals surface area contributed by atoms with E-state index in [1.54, 1.807) is 6.07 Å². The predicted molar refractivity (Wildman–Crippen MR) is 79.8 cm³/mol. The molecule has 0 amide bonds. The summed E-state index contributed by atoms with van der Waals surface area (Å²) in [6, 6.07) is 4.49. The predicted octanol–water partition coefficient (Wildman–Crippen LogP) is 2.49. The Morgan fingerprint density at radius 3 is 2.70 bits per heavy atom. The molecule has 0 aliphatic carbocycles. The molecule has 8 heteroatoms. The van der Waals surface area contributed by atoms with E-state index in [9.17, 15) is 14.4 Å². The van der Waals surface area contributed by atoms with Gasteiger partial charge in [-0.3, -0.25) is 19.1 Å². The van der Waals surface area contributed by atoms with Gasteiger partial charge in [0.05, 0.1) is 16.0 Å². The fourth-order valence-corrected chi connectivity index (χ4v) is 2.29. The Hall–Kier alpha value is -1.37. The van der Waals surface area contributed by atoms with Crippen LogP contribution in [0.25, 0.3) is 0 Å². The fraction of sp³-hybridized carbons (Fsp3) is 0.0833. The number of halogens is 3. The smallest absolute Gasteiger partial charge is 0.292 e. The number of aromatic amines is 1. The van der Waals surface area contributed by atoms with Crippen LogP contribution in [0.3, 0.4) is 0 Å². The van der Waals surface area contributed by atoms with Crippen LogP contribution in [0.15, 0.2) is 38.5 Å². The molecule has 2 aromatic rings. The van der Waals surface area contributed by atoms with Crippen molar-refractivity contribution in [2.24, 2.45) is 0 Å². The van der Waals surface area contributed by atoms with Crippen LogP contribution in [0.2, 0.25) is 10.0 Å². The van der Waals surface area contributed by atoms with Gasteiger partial charge in [0.1, 0.15) is 0 Å². The highest BCUT2D eigenvalue weighted by Gasteiger charge is 2.13. The van der Waals surface area contributed by atoms with Gasteiger partial charge in [0, 0.05) is 16.8 Å². The van der Waals surface area contributed by atoms with E-state index < -0.39 is 17.0 Å². The van der Waals surface area contributed by atoms with E-state index in [1.807, 2.05) is 0 Å². The number of hydrogen-bond donors (Lipinski definition) is 1. The maximum atomic E-state index is 12.1. The Bertz CT molecular complexity index is 798. The molecule has 0 saturated carbocycles. The first-order valence-electron chi connectivity index (χ1n) is 5.36. The van der Waals surface area contributed by atoms with Crippen LogP contribution in [-0.2, 0) is 6.54 Å². The van der Waals surface area contributed by atoms with Gasteiger partial charge in [0.15, 0.2) is 5.78 Å². The number of carbonyl (C=O) groups excluding carboxylic acids is 1. The Labute approximate surface area is 131 Å².